The first-order valence-electron chi connectivity index (χ1n) is 8.44. The summed E-state index contributed by atoms with van der Waals surface area (Å²) >= 11 is 12.5. The zero-order valence-corrected chi connectivity index (χ0v) is 15.4. The van der Waals surface area contributed by atoms with E-state index in [0.29, 0.717) is 16.7 Å². The molecule has 3 rings (SSSR count). The van der Waals surface area contributed by atoms with Crippen molar-refractivity contribution in [3.63, 3.8) is 0 Å². The van der Waals surface area contributed by atoms with Crippen molar-refractivity contribution in [2.45, 2.75) is 31.3 Å². The number of benzene rings is 2. The van der Waals surface area contributed by atoms with E-state index in [1.54, 1.807) is 6.07 Å². The average Bonchev–Trinajstić information content (AvgIpc) is 2.63. The summed E-state index contributed by atoms with van der Waals surface area (Å²) in [6.45, 7) is 4.76. The molecule has 1 atom stereocenters. The number of rotatable bonds is 5. The van der Waals surface area contributed by atoms with Crippen molar-refractivity contribution in [2.75, 3.05) is 19.7 Å². The van der Waals surface area contributed by atoms with Gasteiger partial charge in [-0.25, -0.2) is 0 Å². The highest BCUT2D eigenvalue weighted by Crippen LogP contribution is 2.37. The molecule has 0 amide bonds. The van der Waals surface area contributed by atoms with Gasteiger partial charge < -0.3 is 10.1 Å². The third-order valence-electron chi connectivity index (χ3n) is 4.98. The SMILES string of the molecule is CC(OCC1(c2ccccc2)CCNCC1)c1cccc(Cl)c1Cl. The molecule has 0 aromatic heterocycles. The molecule has 128 valence electrons. The van der Waals surface area contributed by atoms with Crippen molar-refractivity contribution in [3.8, 4) is 0 Å². The first-order chi connectivity index (χ1) is 11.6. The summed E-state index contributed by atoms with van der Waals surface area (Å²) < 4.78 is 6.29. The van der Waals surface area contributed by atoms with E-state index in [4.69, 9.17) is 27.9 Å². The molecule has 2 aromatic carbocycles. The van der Waals surface area contributed by atoms with Gasteiger partial charge in [-0.05, 0) is 44.5 Å². The zero-order valence-electron chi connectivity index (χ0n) is 13.9. The highest BCUT2D eigenvalue weighted by Gasteiger charge is 2.34. The van der Waals surface area contributed by atoms with Gasteiger partial charge in [-0.1, -0.05) is 65.7 Å². The van der Waals surface area contributed by atoms with Gasteiger partial charge in [0, 0.05) is 11.0 Å². The van der Waals surface area contributed by atoms with Crippen molar-refractivity contribution >= 4 is 23.2 Å². The van der Waals surface area contributed by atoms with Crippen LogP contribution in [0.4, 0.5) is 0 Å². The molecule has 1 aliphatic heterocycles. The van der Waals surface area contributed by atoms with E-state index in [9.17, 15) is 0 Å². The Labute approximate surface area is 154 Å². The lowest BCUT2D eigenvalue weighted by atomic mass is 9.74. The molecule has 1 unspecified atom stereocenters. The van der Waals surface area contributed by atoms with Crippen molar-refractivity contribution in [1.82, 2.24) is 5.32 Å². The topological polar surface area (TPSA) is 21.3 Å². The lowest BCUT2D eigenvalue weighted by Crippen LogP contribution is -2.43. The summed E-state index contributed by atoms with van der Waals surface area (Å²) in [7, 11) is 0. The van der Waals surface area contributed by atoms with Gasteiger partial charge in [0.2, 0.25) is 0 Å². The van der Waals surface area contributed by atoms with Crippen LogP contribution in [0.2, 0.25) is 10.0 Å². The van der Waals surface area contributed by atoms with Crippen molar-refractivity contribution < 1.29 is 4.74 Å². The average molecular weight is 364 g/mol. The van der Waals surface area contributed by atoms with Crippen LogP contribution in [0.1, 0.15) is 37.0 Å². The number of halogens is 2. The summed E-state index contributed by atoms with van der Waals surface area (Å²) in [6, 6.07) is 16.4. The van der Waals surface area contributed by atoms with Crippen LogP contribution in [0.5, 0.6) is 0 Å². The Kier molecular flexibility index (Phi) is 5.83. The molecule has 0 aliphatic carbocycles. The normalized spacial score (nSPS) is 18.3. The molecule has 2 nitrogen and oxygen atoms in total. The maximum atomic E-state index is 6.34. The van der Waals surface area contributed by atoms with Crippen LogP contribution in [0.25, 0.3) is 0 Å². The van der Waals surface area contributed by atoms with E-state index in [-0.39, 0.29) is 11.5 Å². The minimum atomic E-state index is -0.0910. The Morgan fingerprint density at radius 2 is 1.75 bits per heavy atom. The van der Waals surface area contributed by atoms with E-state index >= 15 is 0 Å². The van der Waals surface area contributed by atoms with Crippen LogP contribution < -0.4 is 5.32 Å². The second-order valence-corrected chi connectivity index (χ2v) is 7.28. The van der Waals surface area contributed by atoms with Crippen LogP contribution in [0, 0.1) is 0 Å². The molecule has 1 saturated heterocycles. The van der Waals surface area contributed by atoms with Gasteiger partial charge >= 0.3 is 0 Å². The maximum Gasteiger partial charge on any atom is 0.0812 e. The molecular weight excluding hydrogens is 341 g/mol. The molecule has 0 saturated carbocycles. The van der Waals surface area contributed by atoms with Crippen LogP contribution >= 0.6 is 23.2 Å². The molecule has 24 heavy (non-hydrogen) atoms. The number of piperidine rings is 1. The Hall–Kier alpha value is -1.06. The zero-order chi connectivity index (χ0) is 17.0. The summed E-state index contributed by atoms with van der Waals surface area (Å²) in [4.78, 5) is 0. The third kappa shape index (κ3) is 3.78. The van der Waals surface area contributed by atoms with Gasteiger partial charge in [0.25, 0.3) is 0 Å². The van der Waals surface area contributed by atoms with Gasteiger partial charge in [-0.2, -0.15) is 0 Å². The summed E-state index contributed by atoms with van der Waals surface area (Å²) in [5.41, 5.74) is 2.36. The second-order valence-electron chi connectivity index (χ2n) is 6.49. The molecule has 1 heterocycles. The van der Waals surface area contributed by atoms with Crippen LogP contribution in [0.3, 0.4) is 0 Å². The van der Waals surface area contributed by atoms with E-state index in [1.165, 1.54) is 5.56 Å². The molecule has 1 fully saturated rings. The molecule has 4 heteroatoms. The Bertz CT molecular complexity index is 669. The molecular formula is C20H23Cl2NO. The molecule has 1 aliphatic rings. The van der Waals surface area contributed by atoms with E-state index < -0.39 is 0 Å². The predicted molar refractivity (Wildman–Crippen MR) is 101 cm³/mol. The largest absolute Gasteiger partial charge is 0.373 e. The quantitative estimate of drug-likeness (QED) is 0.768. The summed E-state index contributed by atoms with van der Waals surface area (Å²) in [6.07, 6.45) is 2.06. The summed E-state index contributed by atoms with van der Waals surface area (Å²) in [5.74, 6) is 0. The first-order valence-corrected chi connectivity index (χ1v) is 9.20. The Morgan fingerprint density at radius 3 is 2.46 bits per heavy atom. The van der Waals surface area contributed by atoms with E-state index in [1.807, 2.05) is 19.1 Å². The second kappa shape index (κ2) is 7.88. The van der Waals surface area contributed by atoms with Crippen molar-refractivity contribution in [1.29, 1.82) is 0 Å². The fourth-order valence-corrected chi connectivity index (χ4v) is 3.88. The van der Waals surface area contributed by atoms with E-state index in [0.717, 1.165) is 31.5 Å². The fraction of sp³-hybridized carbons (Fsp3) is 0.400. The van der Waals surface area contributed by atoms with Gasteiger partial charge in [-0.15, -0.1) is 0 Å². The van der Waals surface area contributed by atoms with Gasteiger partial charge in [0.15, 0.2) is 0 Å². The molecule has 1 N–H and O–H groups in total. The molecule has 0 bridgehead atoms. The Balaban J connectivity index is 1.78. The highest BCUT2D eigenvalue weighted by atomic mass is 35.5. The summed E-state index contributed by atoms with van der Waals surface area (Å²) in [5, 5.41) is 4.61. The number of nitrogens with one attached hydrogen (secondary N) is 1. The van der Waals surface area contributed by atoms with Crippen LogP contribution in [-0.2, 0) is 10.2 Å². The van der Waals surface area contributed by atoms with Crippen molar-refractivity contribution in [3.05, 3.63) is 69.7 Å². The van der Waals surface area contributed by atoms with Crippen molar-refractivity contribution in [2.24, 2.45) is 0 Å². The number of hydrogen-bond donors (Lipinski definition) is 1. The van der Waals surface area contributed by atoms with Gasteiger partial charge in [-0.3, -0.25) is 0 Å². The lowest BCUT2D eigenvalue weighted by Gasteiger charge is -2.38. The predicted octanol–water partition coefficient (Wildman–Crippen LogP) is 5.39. The number of ether oxygens (including phenoxy) is 1. The minimum Gasteiger partial charge on any atom is -0.373 e. The van der Waals surface area contributed by atoms with Crippen LogP contribution in [0.15, 0.2) is 48.5 Å². The fourth-order valence-electron chi connectivity index (χ4n) is 3.42. The standard InChI is InChI=1S/C20H23Cl2NO/c1-15(17-8-5-9-18(21)19(17)22)24-14-20(10-12-23-13-11-20)16-6-3-2-4-7-16/h2-9,15,23H,10-14H2,1H3. The first kappa shape index (κ1) is 17.8. The monoisotopic (exact) mass is 363 g/mol. The Morgan fingerprint density at radius 1 is 1.04 bits per heavy atom. The molecule has 0 spiro atoms. The molecule has 2 aromatic rings. The highest BCUT2D eigenvalue weighted by molar-refractivity contribution is 6.42. The van der Waals surface area contributed by atoms with Crippen LogP contribution in [-0.4, -0.2) is 19.7 Å². The smallest absolute Gasteiger partial charge is 0.0812 e. The number of hydrogen-bond acceptors (Lipinski definition) is 2. The minimum absolute atomic E-state index is 0.0613. The van der Waals surface area contributed by atoms with Gasteiger partial charge in [0.05, 0.1) is 22.8 Å². The third-order valence-corrected chi connectivity index (χ3v) is 5.81. The molecule has 0 radical (unpaired) electrons. The van der Waals surface area contributed by atoms with E-state index in [2.05, 4.69) is 35.6 Å². The van der Waals surface area contributed by atoms with Gasteiger partial charge in [0.1, 0.15) is 0 Å². The maximum absolute atomic E-state index is 6.34. The lowest BCUT2D eigenvalue weighted by molar-refractivity contribution is 0.0167.